The highest BCUT2D eigenvalue weighted by atomic mass is 16.5. The normalized spacial score (nSPS) is 10.0. The lowest BCUT2D eigenvalue weighted by atomic mass is 10.1. The molecule has 3 rings (SSSR count). The number of benzene rings is 1. The van der Waals surface area contributed by atoms with E-state index < -0.39 is 0 Å². The molecule has 5 nitrogen and oxygen atoms in total. The molecular formula is C15H18N4O. The number of hydrogen-bond acceptors (Lipinski definition) is 4. The number of ether oxygens (including phenoxy) is 1. The number of imidazole rings is 1. The van der Waals surface area contributed by atoms with Gasteiger partial charge in [-0.3, -0.25) is 0 Å². The molecule has 104 valence electrons. The van der Waals surface area contributed by atoms with Gasteiger partial charge in [-0.15, -0.1) is 0 Å². The van der Waals surface area contributed by atoms with Crippen LogP contribution in [-0.2, 0) is 0 Å². The van der Waals surface area contributed by atoms with Gasteiger partial charge in [0.2, 0.25) is 0 Å². The highest BCUT2D eigenvalue weighted by Crippen LogP contribution is 2.25. The summed E-state index contributed by atoms with van der Waals surface area (Å²) in [5.74, 6) is 1.53. The van der Waals surface area contributed by atoms with Crippen LogP contribution in [-0.4, -0.2) is 27.0 Å². The Morgan fingerprint density at radius 1 is 1.05 bits per heavy atom. The maximum atomic E-state index is 5.15. The molecule has 0 aliphatic carbocycles. The third-order valence-corrected chi connectivity index (χ3v) is 2.76. The summed E-state index contributed by atoms with van der Waals surface area (Å²) >= 11 is 0. The van der Waals surface area contributed by atoms with E-state index in [0.717, 1.165) is 22.5 Å². The molecule has 1 aromatic carbocycles. The predicted octanol–water partition coefficient (Wildman–Crippen LogP) is 3.36. The van der Waals surface area contributed by atoms with Crippen molar-refractivity contribution in [3.8, 4) is 17.0 Å². The second-order valence-electron chi connectivity index (χ2n) is 3.95. The molecule has 0 saturated heterocycles. The zero-order valence-corrected chi connectivity index (χ0v) is 12.1. The Hall–Kier alpha value is -2.43. The van der Waals surface area contributed by atoms with Gasteiger partial charge < -0.3 is 9.72 Å². The van der Waals surface area contributed by atoms with Crippen LogP contribution in [0.4, 0.5) is 0 Å². The Balaban J connectivity index is 0.000000704. The third kappa shape index (κ3) is 2.61. The number of hydrogen-bond donors (Lipinski definition) is 1. The molecule has 2 aromatic heterocycles. The van der Waals surface area contributed by atoms with Crippen molar-refractivity contribution in [2.75, 3.05) is 7.11 Å². The minimum Gasteiger partial charge on any atom is -0.497 e. The summed E-state index contributed by atoms with van der Waals surface area (Å²) in [6.45, 7) is 5.86. The van der Waals surface area contributed by atoms with E-state index in [1.807, 2.05) is 45.0 Å². The molecule has 0 bridgehead atoms. The van der Waals surface area contributed by atoms with E-state index in [4.69, 9.17) is 4.74 Å². The molecule has 0 radical (unpaired) electrons. The first kappa shape index (κ1) is 14.0. The van der Waals surface area contributed by atoms with E-state index in [9.17, 15) is 0 Å². The van der Waals surface area contributed by atoms with Gasteiger partial charge in [-0.1, -0.05) is 13.8 Å². The second kappa shape index (κ2) is 6.14. The summed E-state index contributed by atoms with van der Waals surface area (Å²) in [4.78, 5) is 16.0. The molecule has 0 aliphatic rings. The molecule has 0 aliphatic heterocycles. The van der Waals surface area contributed by atoms with Gasteiger partial charge in [-0.05, 0) is 31.2 Å². The summed E-state index contributed by atoms with van der Waals surface area (Å²) in [6, 6.07) is 7.77. The van der Waals surface area contributed by atoms with Crippen molar-refractivity contribution in [3.63, 3.8) is 0 Å². The molecular weight excluding hydrogens is 252 g/mol. The lowest BCUT2D eigenvalue weighted by Crippen LogP contribution is -1.93. The van der Waals surface area contributed by atoms with Crippen LogP contribution < -0.4 is 4.74 Å². The summed E-state index contributed by atoms with van der Waals surface area (Å²) in [6.07, 6.45) is 1.63. The van der Waals surface area contributed by atoms with E-state index in [2.05, 4.69) is 19.9 Å². The van der Waals surface area contributed by atoms with Crippen molar-refractivity contribution < 1.29 is 4.74 Å². The van der Waals surface area contributed by atoms with Crippen LogP contribution in [0.2, 0.25) is 0 Å². The van der Waals surface area contributed by atoms with Gasteiger partial charge >= 0.3 is 0 Å². The van der Waals surface area contributed by atoms with Crippen LogP contribution in [0.25, 0.3) is 22.4 Å². The third-order valence-electron chi connectivity index (χ3n) is 2.76. The first-order valence-corrected chi connectivity index (χ1v) is 6.60. The zero-order chi connectivity index (χ0) is 14.5. The number of fused-ring (bicyclic) bond motifs is 1. The molecule has 20 heavy (non-hydrogen) atoms. The van der Waals surface area contributed by atoms with Crippen LogP contribution in [0, 0.1) is 6.92 Å². The van der Waals surface area contributed by atoms with Gasteiger partial charge in [-0.2, -0.15) is 0 Å². The fourth-order valence-electron chi connectivity index (χ4n) is 1.90. The van der Waals surface area contributed by atoms with E-state index in [0.29, 0.717) is 11.5 Å². The minimum atomic E-state index is 0.688. The minimum absolute atomic E-state index is 0.688. The van der Waals surface area contributed by atoms with E-state index in [-0.39, 0.29) is 0 Å². The first-order valence-electron chi connectivity index (χ1n) is 6.60. The Morgan fingerprint density at radius 3 is 2.40 bits per heavy atom. The zero-order valence-electron chi connectivity index (χ0n) is 12.1. The number of H-pyrrole nitrogens is 1. The fraction of sp³-hybridized carbons (Fsp3) is 0.267. The second-order valence-corrected chi connectivity index (χ2v) is 3.95. The van der Waals surface area contributed by atoms with Crippen molar-refractivity contribution in [1.29, 1.82) is 0 Å². The first-order chi connectivity index (χ1) is 9.78. The quantitative estimate of drug-likeness (QED) is 0.775. The fourth-order valence-corrected chi connectivity index (χ4v) is 1.90. The van der Waals surface area contributed by atoms with Gasteiger partial charge in [0, 0.05) is 5.56 Å². The number of nitrogens with zero attached hydrogens (tertiary/aromatic N) is 3. The Labute approximate surface area is 118 Å². The summed E-state index contributed by atoms with van der Waals surface area (Å²) < 4.78 is 5.15. The van der Waals surface area contributed by atoms with Crippen molar-refractivity contribution in [2.24, 2.45) is 0 Å². The maximum Gasteiger partial charge on any atom is 0.181 e. The van der Waals surface area contributed by atoms with Crippen molar-refractivity contribution in [1.82, 2.24) is 19.9 Å². The maximum absolute atomic E-state index is 5.15. The molecule has 0 unspecified atom stereocenters. The Bertz CT molecular complexity index is 689. The molecule has 0 saturated carbocycles. The van der Waals surface area contributed by atoms with Crippen LogP contribution in [0.1, 0.15) is 19.7 Å². The van der Waals surface area contributed by atoms with Gasteiger partial charge in [0.05, 0.1) is 19.1 Å². The predicted molar refractivity (Wildman–Crippen MR) is 79.8 cm³/mol. The molecule has 0 spiro atoms. The summed E-state index contributed by atoms with van der Waals surface area (Å²) in [7, 11) is 1.65. The topological polar surface area (TPSA) is 63.7 Å². The number of aromatic amines is 1. The Morgan fingerprint density at radius 2 is 1.75 bits per heavy atom. The van der Waals surface area contributed by atoms with E-state index in [1.165, 1.54) is 0 Å². The monoisotopic (exact) mass is 270 g/mol. The number of aryl methyl sites for hydroxylation is 1. The SMILES string of the molecule is CC.COc1ccc(-c2nc(C)nc3nc[nH]c23)cc1. The van der Waals surface area contributed by atoms with Gasteiger partial charge in [0.25, 0.3) is 0 Å². The summed E-state index contributed by atoms with van der Waals surface area (Å²) in [5, 5.41) is 0. The number of nitrogens with one attached hydrogen (secondary N) is 1. The average Bonchev–Trinajstić information content (AvgIpc) is 2.96. The van der Waals surface area contributed by atoms with E-state index in [1.54, 1.807) is 13.4 Å². The molecule has 3 aromatic rings. The molecule has 0 atom stereocenters. The lowest BCUT2D eigenvalue weighted by Gasteiger charge is -2.04. The van der Waals surface area contributed by atoms with Gasteiger partial charge in [0.15, 0.2) is 5.65 Å². The van der Waals surface area contributed by atoms with Crippen LogP contribution >= 0.6 is 0 Å². The van der Waals surface area contributed by atoms with Crippen molar-refractivity contribution in [3.05, 3.63) is 36.4 Å². The number of methoxy groups -OCH3 is 1. The molecule has 2 heterocycles. The number of aromatic nitrogens is 4. The molecule has 0 amide bonds. The molecule has 5 heteroatoms. The van der Waals surface area contributed by atoms with Gasteiger partial charge in [-0.25, -0.2) is 15.0 Å². The standard InChI is InChI=1S/C13H12N4O.C2H6/c1-8-16-11(12-13(17-8)15-7-14-12)9-3-5-10(18-2)6-4-9;1-2/h3-7H,1-2H3,(H,14,15,16,17);1-2H3. The highest BCUT2D eigenvalue weighted by molar-refractivity contribution is 5.86. The highest BCUT2D eigenvalue weighted by Gasteiger charge is 2.09. The summed E-state index contributed by atoms with van der Waals surface area (Å²) in [5.41, 5.74) is 3.41. The molecule has 1 N–H and O–H groups in total. The lowest BCUT2D eigenvalue weighted by molar-refractivity contribution is 0.415. The largest absolute Gasteiger partial charge is 0.497 e. The van der Waals surface area contributed by atoms with Gasteiger partial charge in [0.1, 0.15) is 17.1 Å². The smallest absolute Gasteiger partial charge is 0.181 e. The van der Waals surface area contributed by atoms with Crippen LogP contribution in [0.5, 0.6) is 5.75 Å². The Kier molecular flexibility index (Phi) is 4.30. The molecule has 0 fully saturated rings. The van der Waals surface area contributed by atoms with Crippen LogP contribution in [0.15, 0.2) is 30.6 Å². The van der Waals surface area contributed by atoms with E-state index >= 15 is 0 Å². The number of rotatable bonds is 2. The van der Waals surface area contributed by atoms with Crippen LogP contribution in [0.3, 0.4) is 0 Å². The van der Waals surface area contributed by atoms with Crippen molar-refractivity contribution >= 4 is 11.2 Å². The van der Waals surface area contributed by atoms with Crippen molar-refractivity contribution in [2.45, 2.75) is 20.8 Å². The average molecular weight is 270 g/mol.